The van der Waals surface area contributed by atoms with Gasteiger partial charge in [-0.2, -0.15) is 0 Å². The molecule has 1 heterocycles. The van der Waals surface area contributed by atoms with E-state index in [9.17, 15) is 9.59 Å². The maximum atomic E-state index is 13.5. The van der Waals surface area contributed by atoms with Crippen molar-refractivity contribution in [2.75, 3.05) is 20.6 Å². The van der Waals surface area contributed by atoms with Gasteiger partial charge in [0.2, 0.25) is 11.8 Å². The Labute approximate surface area is 219 Å². The summed E-state index contributed by atoms with van der Waals surface area (Å²) in [7, 11) is 4.33. The van der Waals surface area contributed by atoms with Gasteiger partial charge in [-0.25, -0.2) is 0 Å². The van der Waals surface area contributed by atoms with E-state index in [1.165, 1.54) is 52.0 Å². The van der Waals surface area contributed by atoms with Crippen LogP contribution in [0.1, 0.15) is 92.4 Å². The lowest BCUT2D eigenvalue weighted by atomic mass is 9.47. The zero-order valence-electron chi connectivity index (χ0n) is 24.0. The standard InChI is InChI=1S/C31H51N3O2/c1-8-19(2)28(32-21(4)35)29(36)34(7)23-13-15-30(5)22(17-23)9-10-24-26(30)14-16-31-18-33(6)20(3)25(31)11-12-27(24)31/h9,19-20,23-28H,8,10-18H2,1-7H3,(H,32,35)/t19-,20+,23+,24-,25-,26?,27+,28-,30+,31+/m1/s1. The highest BCUT2D eigenvalue weighted by Crippen LogP contribution is 2.68. The molecule has 1 saturated heterocycles. The Morgan fingerprint density at radius 2 is 1.89 bits per heavy atom. The lowest BCUT2D eigenvalue weighted by Crippen LogP contribution is -2.55. The summed E-state index contributed by atoms with van der Waals surface area (Å²) in [5.74, 6) is 3.56. The lowest BCUT2D eigenvalue weighted by molar-refractivity contribution is -0.139. The highest BCUT2D eigenvalue weighted by molar-refractivity contribution is 5.87. The quantitative estimate of drug-likeness (QED) is 0.527. The van der Waals surface area contributed by atoms with Crippen LogP contribution in [0.25, 0.3) is 0 Å². The van der Waals surface area contributed by atoms with Crippen LogP contribution in [0.4, 0.5) is 0 Å². The first-order valence-electron chi connectivity index (χ1n) is 15.0. The Kier molecular flexibility index (Phi) is 6.88. The van der Waals surface area contributed by atoms with E-state index in [4.69, 9.17) is 0 Å². The molecule has 1 unspecified atom stereocenters. The van der Waals surface area contributed by atoms with Crippen molar-refractivity contribution in [3.63, 3.8) is 0 Å². The fourth-order valence-corrected chi connectivity index (χ4v) is 10.1. The third-order valence-corrected chi connectivity index (χ3v) is 12.4. The fraction of sp³-hybridized carbons (Fsp3) is 0.871. The molecule has 5 nitrogen and oxygen atoms in total. The Bertz CT molecular complexity index is 915. The smallest absolute Gasteiger partial charge is 0.245 e. The van der Waals surface area contributed by atoms with Crippen molar-refractivity contribution in [1.82, 2.24) is 15.1 Å². The number of likely N-dealkylation sites (tertiary alicyclic amines) is 1. The van der Waals surface area contributed by atoms with E-state index in [1.807, 2.05) is 11.9 Å². The highest BCUT2D eigenvalue weighted by Gasteiger charge is 2.64. The number of nitrogens with zero attached hydrogens (tertiary/aromatic N) is 2. The van der Waals surface area contributed by atoms with Gasteiger partial charge >= 0.3 is 0 Å². The molecular weight excluding hydrogens is 446 g/mol. The second kappa shape index (κ2) is 9.43. The number of carbonyl (C=O) groups is 2. The highest BCUT2D eigenvalue weighted by atomic mass is 16.2. The summed E-state index contributed by atoms with van der Waals surface area (Å²) in [5.41, 5.74) is 2.50. The van der Waals surface area contributed by atoms with Gasteiger partial charge in [-0.05, 0) is 106 Å². The summed E-state index contributed by atoms with van der Waals surface area (Å²) in [5, 5.41) is 2.95. The molecule has 5 heteroatoms. The average molecular weight is 498 g/mol. The van der Waals surface area contributed by atoms with E-state index < -0.39 is 6.04 Å². The molecule has 0 aromatic carbocycles. The number of hydrogen-bond donors (Lipinski definition) is 1. The summed E-state index contributed by atoms with van der Waals surface area (Å²) in [6.07, 6.45) is 13.7. The predicted molar refractivity (Wildman–Crippen MR) is 145 cm³/mol. The van der Waals surface area contributed by atoms with E-state index in [2.05, 4.69) is 51.0 Å². The molecule has 1 spiro atoms. The first-order chi connectivity index (χ1) is 17.0. The fourth-order valence-electron chi connectivity index (χ4n) is 10.1. The number of rotatable bonds is 5. The molecule has 1 aliphatic heterocycles. The van der Waals surface area contributed by atoms with Crippen LogP contribution in [0.5, 0.6) is 0 Å². The minimum Gasteiger partial charge on any atom is -0.344 e. The summed E-state index contributed by atoms with van der Waals surface area (Å²) < 4.78 is 0. The first kappa shape index (κ1) is 26.3. The van der Waals surface area contributed by atoms with Crippen molar-refractivity contribution in [2.45, 2.75) is 111 Å². The number of likely N-dealkylation sites (N-methyl/N-ethyl adjacent to an activating group) is 1. The van der Waals surface area contributed by atoms with Crippen LogP contribution < -0.4 is 5.32 Å². The van der Waals surface area contributed by atoms with Crippen molar-refractivity contribution < 1.29 is 9.59 Å². The van der Waals surface area contributed by atoms with Gasteiger partial charge < -0.3 is 15.1 Å². The molecule has 10 atom stereocenters. The van der Waals surface area contributed by atoms with Crippen LogP contribution >= 0.6 is 0 Å². The summed E-state index contributed by atoms with van der Waals surface area (Å²) in [6, 6.07) is 0.563. The van der Waals surface area contributed by atoms with Gasteiger partial charge in [0.25, 0.3) is 0 Å². The summed E-state index contributed by atoms with van der Waals surface area (Å²) in [4.78, 5) is 30.0. The van der Waals surface area contributed by atoms with Crippen LogP contribution in [-0.2, 0) is 9.59 Å². The Morgan fingerprint density at radius 1 is 1.17 bits per heavy atom. The summed E-state index contributed by atoms with van der Waals surface area (Å²) in [6.45, 7) is 12.0. The molecule has 0 bridgehead atoms. The molecule has 0 radical (unpaired) electrons. The van der Waals surface area contributed by atoms with Crippen LogP contribution in [0.15, 0.2) is 11.6 Å². The minimum absolute atomic E-state index is 0.0820. The maximum Gasteiger partial charge on any atom is 0.245 e. The lowest BCUT2D eigenvalue weighted by Gasteiger charge is -2.58. The molecule has 2 amide bonds. The molecular formula is C31H51N3O2. The van der Waals surface area contributed by atoms with Gasteiger partial charge in [0.05, 0.1) is 0 Å². The second-order valence-electron chi connectivity index (χ2n) is 13.8. The third-order valence-electron chi connectivity index (χ3n) is 12.4. The monoisotopic (exact) mass is 497 g/mol. The Balaban J connectivity index is 1.32. The molecule has 1 N–H and O–H groups in total. The van der Waals surface area contributed by atoms with Crippen molar-refractivity contribution in [1.29, 1.82) is 0 Å². The molecule has 5 aliphatic rings. The topological polar surface area (TPSA) is 52.7 Å². The van der Waals surface area contributed by atoms with Crippen LogP contribution in [-0.4, -0.2) is 60.4 Å². The second-order valence-corrected chi connectivity index (χ2v) is 13.8. The molecule has 5 rings (SSSR count). The Hall–Kier alpha value is -1.36. The SMILES string of the molecule is CC[C@@H](C)[C@@H](NC(C)=O)C(=O)N(C)[C@H]1CC[C@@]2(C)C(=CC[C@@H]3C2CC[C@]24CN(C)[C@@H](C)[C@H]2CC[C@@H]34)C1. The van der Waals surface area contributed by atoms with Crippen LogP contribution in [0.3, 0.4) is 0 Å². The molecule has 3 saturated carbocycles. The molecule has 202 valence electrons. The van der Waals surface area contributed by atoms with Gasteiger partial charge in [0, 0.05) is 32.6 Å². The van der Waals surface area contributed by atoms with E-state index in [-0.39, 0.29) is 23.8 Å². The normalized spacial score (nSPS) is 43.4. The first-order valence-corrected chi connectivity index (χ1v) is 15.0. The van der Waals surface area contributed by atoms with Crippen LogP contribution in [0.2, 0.25) is 0 Å². The van der Waals surface area contributed by atoms with E-state index >= 15 is 0 Å². The van der Waals surface area contributed by atoms with Gasteiger partial charge in [-0.3, -0.25) is 9.59 Å². The summed E-state index contributed by atoms with van der Waals surface area (Å²) >= 11 is 0. The van der Waals surface area contributed by atoms with Crippen molar-refractivity contribution >= 4 is 11.8 Å². The zero-order valence-corrected chi connectivity index (χ0v) is 24.0. The zero-order chi connectivity index (χ0) is 26.0. The van der Waals surface area contributed by atoms with Crippen molar-refractivity contribution in [3.05, 3.63) is 11.6 Å². The van der Waals surface area contributed by atoms with Crippen molar-refractivity contribution in [3.8, 4) is 0 Å². The number of amides is 2. The number of hydrogen-bond acceptors (Lipinski definition) is 3. The largest absolute Gasteiger partial charge is 0.344 e. The molecule has 4 aliphatic carbocycles. The number of nitrogens with one attached hydrogen (secondary N) is 1. The third kappa shape index (κ3) is 3.89. The minimum atomic E-state index is -0.424. The van der Waals surface area contributed by atoms with Gasteiger partial charge in [0.15, 0.2) is 0 Å². The molecule has 0 aromatic rings. The van der Waals surface area contributed by atoms with E-state index in [1.54, 1.807) is 5.57 Å². The predicted octanol–water partition coefficient (Wildman–Crippen LogP) is 5.26. The molecule has 36 heavy (non-hydrogen) atoms. The molecule has 4 fully saturated rings. The van der Waals surface area contributed by atoms with E-state index in [0.717, 1.165) is 49.0 Å². The average Bonchev–Trinajstić information content (AvgIpc) is 3.34. The van der Waals surface area contributed by atoms with Gasteiger partial charge in [0.1, 0.15) is 6.04 Å². The van der Waals surface area contributed by atoms with E-state index in [0.29, 0.717) is 10.8 Å². The number of fused-ring (bicyclic) bond motifs is 4. The number of allylic oxidation sites excluding steroid dienone is 1. The van der Waals surface area contributed by atoms with Crippen LogP contribution in [0, 0.1) is 40.4 Å². The number of carbonyl (C=O) groups excluding carboxylic acids is 2. The Morgan fingerprint density at radius 3 is 2.58 bits per heavy atom. The van der Waals surface area contributed by atoms with Crippen molar-refractivity contribution in [2.24, 2.45) is 40.4 Å². The van der Waals surface area contributed by atoms with Gasteiger partial charge in [-0.1, -0.05) is 38.8 Å². The van der Waals surface area contributed by atoms with Gasteiger partial charge in [-0.15, -0.1) is 0 Å². The molecule has 0 aromatic heterocycles. The maximum absolute atomic E-state index is 13.5.